The number of hydrogen-bond donors (Lipinski definition) is 0. The van der Waals surface area contributed by atoms with Crippen LogP contribution in [0.4, 0.5) is 0 Å². The average Bonchev–Trinajstić information content (AvgIpc) is 3.00. The molecule has 2 heterocycles. The number of benzene rings is 1. The second-order valence-electron chi connectivity index (χ2n) is 4.12. The Morgan fingerprint density at radius 2 is 2.17 bits per heavy atom. The van der Waals surface area contributed by atoms with E-state index in [0.29, 0.717) is 6.42 Å². The molecule has 0 bridgehead atoms. The number of fused-ring (bicyclic) bond motifs is 1. The molecule has 1 aromatic carbocycles. The predicted octanol–water partition coefficient (Wildman–Crippen LogP) is 2.19. The van der Waals surface area contributed by atoms with Gasteiger partial charge in [0.25, 0.3) is 0 Å². The van der Waals surface area contributed by atoms with Crippen LogP contribution < -0.4 is 0 Å². The molecule has 18 heavy (non-hydrogen) atoms. The molecule has 0 radical (unpaired) electrons. The standard InChI is InChI=1S/C13H12N4S/c1-16-11-5-3-2-4-10(11)15-12(16)8-13(18)17-7-6-14-9-17/h2-7,9H,8H2,1H3. The van der Waals surface area contributed by atoms with Crippen LogP contribution >= 0.6 is 12.2 Å². The average molecular weight is 256 g/mol. The Morgan fingerprint density at radius 1 is 1.33 bits per heavy atom. The maximum absolute atomic E-state index is 5.39. The van der Waals surface area contributed by atoms with E-state index in [1.54, 1.807) is 12.5 Å². The first kappa shape index (κ1) is 11.1. The normalized spacial score (nSPS) is 10.9. The van der Waals surface area contributed by atoms with Crippen LogP contribution in [0.3, 0.4) is 0 Å². The summed E-state index contributed by atoms with van der Waals surface area (Å²) in [4.78, 5) is 9.40. The van der Waals surface area contributed by atoms with Crippen LogP contribution in [-0.2, 0) is 13.5 Å². The Bertz CT molecular complexity index is 697. The summed E-state index contributed by atoms with van der Waals surface area (Å²) in [6.07, 6.45) is 5.92. The third-order valence-electron chi connectivity index (χ3n) is 2.98. The van der Waals surface area contributed by atoms with Crippen molar-refractivity contribution in [3.8, 4) is 0 Å². The summed E-state index contributed by atoms with van der Waals surface area (Å²) in [6, 6.07) is 8.08. The van der Waals surface area contributed by atoms with Crippen LogP contribution in [0, 0.1) is 0 Å². The summed E-state index contributed by atoms with van der Waals surface area (Å²) < 4.78 is 3.92. The Morgan fingerprint density at radius 3 is 2.89 bits per heavy atom. The maximum Gasteiger partial charge on any atom is 0.116 e. The molecule has 2 aromatic heterocycles. The zero-order chi connectivity index (χ0) is 12.5. The summed E-state index contributed by atoms with van der Waals surface area (Å²) in [5.41, 5.74) is 2.13. The van der Waals surface area contributed by atoms with Gasteiger partial charge in [-0.15, -0.1) is 0 Å². The number of para-hydroxylation sites is 2. The van der Waals surface area contributed by atoms with Gasteiger partial charge in [0.1, 0.15) is 5.82 Å². The number of hydrogen-bond acceptors (Lipinski definition) is 3. The van der Waals surface area contributed by atoms with Crippen LogP contribution in [0.2, 0.25) is 0 Å². The minimum absolute atomic E-state index is 0.636. The number of rotatable bonds is 2. The monoisotopic (exact) mass is 256 g/mol. The van der Waals surface area contributed by atoms with Crippen molar-refractivity contribution in [2.24, 2.45) is 7.05 Å². The molecule has 0 amide bonds. The third kappa shape index (κ3) is 1.82. The minimum Gasteiger partial charge on any atom is -0.331 e. The zero-order valence-electron chi connectivity index (χ0n) is 9.95. The second-order valence-corrected chi connectivity index (χ2v) is 4.59. The largest absolute Gasteiger partial charge is 0.331 e. The van der Waals surface area contributed by atoms with E-state index >= 15 is 0 Å². The summed E-state index contributed by atoms with van der Waals surface area (Å²) in [5, 5.41) is 0. The molecular formula is C13H12N4S. The van der Waals surface area contributed by atoms with Crippen molar-refractivity contribution in [1.82, 2.24) is 19.1 Å². The quantitative estimate of drug-likeness (QED) is 0.659. The van der Waals surface area contributed by atoms with Gasteiger partial charge in [-0.1, -0.05) is 24.4 Å². The first-order chi connectivity index (χ1) is 8.75. The summed E-state index contributed by atoms with van der Waals surface area (Å²) in [6.45, 7) is 0. The van der Waals surface area contributed by atoms with Crippen LogP contribution in [0.5, 0.6) is 0 Å². The molecule has 90 valence electrons. The molecule has 0 aliphatic carbocycles. The van der Waals surface area contributed by atoms with E-state index in [0.717, 1.165) is 21.8 Å². The molecule has 0 unspecified atom stereocenters. The Balaban J connectivity index is 1.96. The van der Waals surface area contributed by atoms with Crippen molar-refractivity contribution in [2.75, 3.05) is 0 Å². The number of aryl methyl sites for hydroxylation is 1. The van der Waals surface area contributed by atoms with Gasteiger partial charge < -0.3 is 4.57 Å². The molecule has 4 nitrogen and oxygen atoms in total. The number of imidazole rings is 2. The van der Waals surface area contributed by atoms with Crippen molar-refractivity contribution in [1.29, 1.82) is 0 Å². The number of aromatic nitrogens is 4. The predicted molar refractivity (Wildman–Crippen MR) is 74.6 cm³/mol. The van der Waals surface area contributed by atoms with E-state index < -0.39 is 0 Å². The lowest BCUT2D eigenvalue weighted by Gasteiger charge is -2.04. The molecule has 0 spiro atoms. The molecule has 0 atom stereocenters. The zero-order valence-corrected chi connectivity index (χ0v) is 10.8. The van der Waals surface area contributed by atoms with E-state index in [4.69, 9.17) is 12.2 Å². The fraction of sp³-hybridized carbons (Fsp3) is 0.154. The fourth-order valence-electron chi connectivity index (χ4n) is 1.99. The van der Waals surface area contributed by atoms with Crippen LogP contribution in [0.25, 0.3) is 11.0 Å². The van der Waals surface area contributed by atoms with Crippen molar-refractivity contribution in [3.05, 3.63) is 48.8 Å². The molecule has 0 aliphatic rings. The SMILES string of the molecule is Cn1c(CC(=S)n2ccnc2)nc2ccccc21. The highest BCUT2D eigenvalue weighted by Crippen LogP contribution is 2.15. The number of thiocarbonyl (C=S) groups is 1. The number of nitrogens with zero attached hydrogens (tertiary/aromatic N) is 4. The Hall–Kier alpha value is -2.01. The van der Waals surface area contributed by atoms with Gasteiger partial charge in [-0.2, -0.15) is 0 Å². The van der Waals surface area contributed by atoms with Gasteiger partial charge in [-0.3, -0.25) is 4.57 Å². The molecule has 0 saturated heterocycles. The van der Waals surface area contributed by atoms with E-state index in [9.17, 15) is 0 Å². The summed E-state index contributed by atoms with van der Waals surface area (Å²) in [5.74, 6) is 0.968. The lowest BCUT2D eigenvalue weighted by atomic mass is 10.3. The molecule has 3 rings (SSSR count). The maximum atomic E-state index is 5.39. The van der Waals surface area contributed by atoms with Gasteiger partial charge >= 0.3 is 0 Å². The first-order valence-corrected chi connectivity index (χ1v) is 6.08. The highest BCUT2D eigenvalue weighted by atomic mass is 32.1. The fourth-order valence-corrected chi connectivity index (χ4v) is 2.22. The third-order valence-corrected chi connectivity index (χ3v) is 3.34. The van der Waals surface area contributed by atoms with Gasteiger partial charge in [-0.05, 0) is 12.1 Å². The smallest absolute Gasteiger partial charge is 0.116 e. The molecule has 0 N–H and O–H groups in total. The Kier molecular flexibility index (Phi) is 2.68. The summed E-state index contributed by atoms with van der Waals surface area (Å²) >= 11 is 5.39. The van der Waals surface area contributed by atoms with Crippen LogP contribution in [0.1, 0.15) is 5.82 Å². The van der Waals surface area contributed by atoms with Crippen molar-refractivity contribution in [3.63, 3.8) is 0 Å². The van der Waals surface area contributed by atoms with Crippen molar-refractivity contribution < 1.29 is 0 Å². The van der Waals surface area contributed by atoms with Gasteiger partial charge in [0.05, 0.1) is 28.8 Å². The minimum atomic E-state index is 0.636. The van der Waals surface area contributed by atoms with Crippen LogP contribution in [-0.4, -0.2) is 24.1 Å². The van der Waals surface area contributed by atoms with E-state index in [-0.39, 0.29) is 0 Å². The first-order valence-electron chi connectivity index (χ1n) is 5.67. The molecule has 0 fully saturated rings. The Labute approximate surface area is 110 Å². The molecular weight excluding hydrogens is 244 g/mol. The van der Waals surface area contributed by atoms with Crippen molar-refractivity contribution >= 4 is 28.2 Å². The van der Waals surface area contributed by atoms with Gasteiger partial charge in [0.15, 0.2) is 0 Å². The van der Waals surface area contributed by atoms with E-state index in [2.05, 4.69) is 20.6 Å². The lowest BCUT2D eigenvalue weighted by Crippen LogP contribution is -2.13. The topological polar surface area (TPSA) is 35.6 Å². The lowest BCUT2D eigenvalue weighted by molar-refractivity contribution is 0.858. The van der Waals surface area contributed by atoms with Gasteiger partial charge in [0.2, 0.25) is 0 Å². The van der Waals surface area contributed by atoms with Crippen LogP contribution in [0.15, 0.2) is 43.0 Å². The molecule has 0 aliphatic heterocycles. The summed E-state index contributed by atoms with van der Waals surface area (Å²) in [7, 11) is 2.02. The van der Waals surface area contributed by atoms with E-state index in [1.165, 1.54) is 0 Å². The highest BCUT2D eigenvalue weighted by molar-refractivity contribution is 7.80. The van der Waals surface area contributed by atoms with Crippen molar-refractivity contribution in [2.45, 2.75) is 6.42 Å². The van der Waals surface area contributed by atoms with E-state index in [1.807, 2.05) is 36.0 Å². The second kappa shape index (κ2) is 4.34. The molecule has 5 heteroatoms. The van der Waals surface area contributed by atoms with Gasteiger partial charge in [-0.25, -0.2) is 9.97 Å². The molecule has 0 saturated carbocycles. The highest BCUT2D eigenvalue weighted by Gasteiger charge is 2.09. The van der Waals surface area contributed by atoms with Gasteiger partial charge in [0, 0.05) is 19.4 Å². The molecule has 3 aromatic rings.